The van der Waals surface area contributed by atoms with Gasteiger partial charge in [-0.15, -0.1) is 0 Å². The van der Waals surface area contributed by atoms with Crippen LogP contribution >= 0.6 is 0 Å². The summed E-state index contributed by atoms with van der Waals surface area (Å²) in [7, 11) is 1.67. The van der Waals surface area contributed by atoms with Crippen molar-refractivity contribution in [3.8, 4) is 0 Å². The van der Waals surface area contributed by atoms with Gasteiger partial charge in [0.05, 0.1) is 11.1 Å². The molecule has 1 N–H and O–H groups in total. The molecule has 0 radical (unpaired) electrons. The van der Waals surface area contributed by atoms with Crippen LogP contribution in [0, 0.1) is 5.92 Å². The zero-order chi connectivity index (χ0) is 20.9. The summed E-state index contributed by atoms with van der Waals surface area (Å²) < 4.78 is 28.2. The van der Waals surface area contributed by atoms with Gasteiger partial charge in [0.15, 0.2) is 5.83 Å². The first-order chi connectivity index (χ1) is 12.6. The molecule has 1 rings (SSSR count). The van der Waals surface area contributed by atoms with Gasteiger partial charge in [-0.2, -0.15) is 0 Å². The number of hydrogen-bond acceptors (Lipinski definition) is 3. The third kappa shape index (κ3) is 4.49. The maximum Gasteiger partial charge on any atom is 0.271 e. The van der Waals surface area contributed by atoms with Crippen LogP contribution in [0.25, 0.3) is 0 Å². The van der Waals surface area contributed by atoms with E-state index >= 15 is 0 Å². The number of hydrazine groups is 1. The summed E-state index contributed by atoms with van der Waals surface area (Å²) in [5.74, 6) is -3.14. The molecular weight excluding hydrogens is 350 g/mol. The molecule has 2 atom stereocenters. The Bertz CT molecular complexity index is 682. The fraction of sp³-hybridized carbons (Fsp3) is 0.571. The lowest BCUT2D eigenvalue weighted by Gasteiger charge is -2.49. The van der Waals surface area contributed by atoms with E-state index in [4.69, 9.17) is 0 Å². The molecule has 1 amide bonds. The number of rotatable bonds is 8. The highest BCUT2D eigenvalue weighted by atomic mass is 19.2. The number of allylic oxidation sites excluding steroid dienone is 3. The SMILES string of the molecule is C=C(CCC)C1=C(O)C(C)(CC)N(C)N(CC(C)/C(F)=C(F)\C=C/C)C1=O. The molecule has 152 valence electrons. The van der Waals surface area contributed by atoms with E-state index in [0.29, 0.717) is 18.4 Å². The second kappa shape index (κ2) is 9.31. The van der Waals surface area contributed by atoms with Gasteiger partial charge < -0.3 is 5.11 Å². The number of aliphatic hydroxyl groups excluding tert-OH is 1. The Labute approximate surface area is 161 Å². The summed E-state index contributed by atoms with van der Waals surface area (Å²) >= 11 is 0. The van der Waals surface area contributed by atoms with E-state index < -0.39 is 29.0 Å². The zero-order valence-electron chi connectivity index (χ0n) is 17.3. The highest BCUT2D eigenvalue weighted by Crippen LogP contribution is 2.38. The van der Waals surface area contributed by atoms with Crippen molar-refractivity contribution in [1.29, 1.82) is 0 Å². The number of amides is 1. The molecule has 4 nitrogen and oxygen atoms in total. The van der Waals surface area contributed by atoms with Crippen molar-refractivity contribution in [1.82, 2.24) is 10.0 Å². The maximum atomic E-state index is 14.3. The van der Waals surface area contributed by atoms with Crippen LogP contribution in [-0.2, 0) is 4.79 Å². The average molecular weight is 382 g/mol. The van der Waals surface area contributed by atoms with Crippen LogP contribution in [0.4, 0.5) is 8.78 Å². The molecule has 0 fully saturated rings. The highest BCUT2D eigenvalue weighted by Gasteiger charge is 2.46. The van der Waals surface area contributed by atoms with Gasteiger partial charge in [-0.25, -0.2) is 13.8 Å². The van der Waals surface area contributed by atoms with Crippen LogP contribution in [0.1, 0.15) is 53.9 Å². The molecule has 0 saturated carbocycles. The van der Waals surface area contributed by atoms with Crippen molar-refractivity contribution in [3.05, 3.63) is 47.3 Å². The summed E-state index contributed by atoms with van der Waals surface area (Å²) in [6.07, 6.45) is 4.36. The number of aliphatic hydroxyl groups is 1. The molecule has 1 heterocycles. The van der Waals surface area contributed by atoms with Crippen molar-refractivity contribution >= 4 is 5.91 Å². The number of hydrogen-bond donors (Lipinski definition) is 1. The minimum absolute atomic E-state index is 0.0176. The Morgan fingerprint density at radius 1 is 1.37 bits per heavy atom. The lowest BCUT2D eigenvalue weighted by atomic mass is 9.86. The number of nitrogens with zero attached hydrogens (tertiary/aromatic N) is 2. The van der Waals surface area contributed by atoms with Crippen molar-refractivity contribution < 1.29 is 18.7 Å². The van der Waals surface area contributed by atoms with Gasteiger partial charge >= 0.3 is 0 Å². The highest BCUT2D eigenvalue weighted by molar-refractivity contribution is 5.99. The molecule has 0 aromatic rings. The van der Waals surface area contributed by atoms with Crippen molar-refractivity contribution in [2.75, 3.05) is 13.6 Å². The first kappa shape index (κ1) is 23.1. The van der Waals surface area contributed by atoms with Gasteiger partial charge in [-0.05, 0) is 38.3 Å². The fourth-order valence-corrected chi connectivity index (χ4v) is 3.20. The van der Waals surface area contributed by atoms with E-state index in [0.717, 1.165) is 12.5 Å². The fourth-order valence-electron chi connectivity index (χ4n) is 3.20. The van der Waals surface area contributed by atoms with E-state index in [1.807, 2.05) is 20.8 Å². The molecule has 0 aliphatic carbocycles. The topological polar surface area (TPSA) is 43.8 Å². The Morgan fingerprint density at radius 2 is 1.96 bits per heavy atom. The number of halogens is 2. The molecular formula is C21H32F2N2O2. The summed E-state index contributed by atoms with van der Waals surface area (Å²) in [5, 5.41) is 13.8. The standard InChI is InChI=1S/C21H32F2N2O2/c1-8-11-14(4)17-19(26)21(6,10-3)24(7)25(20(17)27)13-15(5)18(23)16(22)12-9-2/h9,12,15,26H,4,8,10-11,13H2,1-3,5-7H3/b12-9-,18-16-. The number of carbonyl (C=O) groups excluding carboxylic acids is 1. The monoisotopic (exact) mass is 382 g/mol. The lowest BCUT2D eigenvalue weighted by Crippen LogP contribution is -2.61. The summed E-state index contributed by atoms with van der Waals surface area (Å²) in [4.78, 5) is 13.1. The number of likely N-dealkylation sites (N-methyl/N-ethyl adjacent to an activating group) is 1. The minimum Gasteiger partial charge on any atom is -0.509 e. The van der Waals surface area contributed by atoms with Crippen LogP contribution in [0.5, 0.6) is 0 Å². The number of carbonyl (C=O) groups is 1. The first-order valence-corrected chi connectivity index (χ1v) is 9.41. The van der Waals surface area contributed by atoms with Crippen LogP contribution in [0.2, 0.25) is 0 Å². The Hall–Kier alpha value is -1.95. The second-order valence-electron chi connectivity index (χ2n) is 7.21. The molecule has 27 heavy (non-hydrogen) atoms. The van der Waals surface area contributed by atoms with E-state index in [9.17, 15) is 18.7 Å². The zero-order valence-corrected chi connectivity index (χ0v) is 17.3. The Kier molecular flexibility index (Phi) is 7.96. The van der Waals surface area contributed by atoms with Gasteiger partial charge in [-0.3, -0.25) is 9.80 Å². The molecule has 0 aromatic carbocycles. The Morgan fingerprint density at radius 3 is 2.44 bits per heavy atom. The van der Waals surface area contributed by atoms with E-state index in [2.05, 4.69) is 6.58 Å². The molecule has 1 aliphatic rings. The first-order valence-electron chi connectivity index (χ1n) is 9.41. The quantitative estimate of drug-likeness (QED) is 0.574. The van der Waals surface area contributed by atoms with Gasteiger partial charge in [0, 0.05) is 19.5 Å². The average Bonchev–Trinajstić information content (AvgIpc) is 2.63. The summed E-state index contributed by atoms with van der Waals surface area (Å²) in [6, 6.07) is 0. The third-order valence-electron chi connectivity index (χ3n) is 5.29. The van der Waals surface area contributed by atoms with Crippen LogP contribution in [0.15, 0.2) is 47.3 Å². The largest absolute Gasteiger partial charge is 0.509 e. The molecule has 6 heteroatoms. The Balaban J connectivity index is 3.35. The van der Waals surface area contributed by atoms with Crippen molar-refractivity contribution in [3.63, 3.8) is 0 Å². The van der Waals surface area contributed by atoms with Gasteiger partial charge in [-0.1, -0.05) is 39.8 Å². The molecule has 1 aliphatic heterocycles. The molecule has 2 unspecified atom stereocenters. The van der Waals surface area contributed by atoms with E-state index in [-0.39, 0.29) is 17.9 Å². The molecule has 0 spiro atoms. The van der Waals surface area contributed by atoms with Gasteiger partial charge in [0.1, 0.15) is 11.6 Å². The maximum absolute atomic E-state index is 14.3. The smallest absolute Gasteiger partial charge is 0.271 e. The van der Waals surface area contributed by atoms with Gasteiger partial charge in [0.2, 0.25) is 0 Å². The van der Waals surface area contributed by atoms with E-state index in [1.165, 1.54) is 18.0 Å². The minimum atomic E-state index is -0.940. The van der Waals surface area contributed by atoms with Crippen molar-refractivity contribution in [2.24, 2.45) is 5.92 Å². The normalized spacial score (nSPS) is 23.9. The third-order valence-corrected chi connectivity index (χ3v) is 5.29. The predicted molar refractivity (Wildman–Crippen MR) is 105 cm³/mol. The summed E-state index contributed by atoms with van der Waals surface area (Å²) in [5.41, 5.74) is -0.0897. The van der Waals surface area contributed by atoms with Gasteiger partial charge in [0.25, 0.3) is 5.91 Å². The van der Waals surface area contributed by atoms with Crippen LogP contribution < -0.4 is 0 Å². The van der Waals surface area contributed by atoms with E-state index in [1.54, 1.807) is 19.0 Å². The van der Waals surface area contributed by atoms with Crippen molar-refractivity contribution in [2.45, 2.75) is 59.4 Å². The predicted octanol–water partition coefficient (Wildman–Crippen LogP) is 5.38. The lowest BCUT2D eigenvalue weighted by molar-refractivity contribution is -0.160. The van der Waals surface area contributed by atoms with Crippen LogP contribution in [0.3, 0.4) is 0 Å². The molecule has 0 aromatic heterocycles. The molecule has 0 bridgehead atoms. The second-order valence-corrected chi connectivity index (χ2v) is 7.21. The summed E-state index contributed by atoms with van der Waals surface area (Å²) in [6.45, 7) is 12.7. The molecule has 0 saturated heterocycles. The van der Waals surface area contributed by atoms with Crippen LogP contribution in [-0.4, -0.2) is 40.2 Å².